The Hall–Kier alpha value is -1.28. The molecule has 0 spiro atoms. The van der Waals surface area contributed by atoms with Crippen LogP contribution in [0, 0.1) is 0 Å². The highest BCUT2D eigenvalue weighted by Gasteiger charge is 2.06. The summed E-state index contributed by atoms with van der Waals surface area (Å²) in [7, 11) is 0. The van der Waals surface area contributed by atoms with Crippen molar-refractivity contribution in [1.29, 1.82) is 0 Å². The predicted molar refractivity (Wildman–Crippen MR) is 62.9 cm³/mol. The van der Waals surface area contributed by atoms with E-state index in [4.69, 9.17) is 16.3 Å². The zero-order valence-electron chi connectivity index (χ0n) is 8.27. The van der Waals surface area contributed by atoms with Crippen LogP contribution in [0.5, 0.6) is 0 Å². The maximum absolute atomic E-state index is 5.77. The van der Waals surface area contributed by atoms with E-state index >= 15 is 0 Å². The largest absolute Gasteiger partial charge is 0.493 e. The molecular formula is C12H12ClNO. The van der Waals surface area contributed by atoms with Crippen LogP contribution in [-0.4, -0.2) is 12.3 Å². The lowest BCUT2D eigenvalue weighted by molar-refractivity contribution is 0.185. The molecule has 1 unspecified atom stereocenters. The lowest BCUT2D eigenvalue weighted by atomic mass is 10.2. The SMILES string of the molecule is Clc1ccc(N=CC2CCC=CO2)cc1. The summed E-state index contributed by atoms with van der Waals surface area (Å²) in [5.74, 6) is 0. The van der Waals surface area contributed by atoms with Gasteiger partial charge in [0.2, 0.25) is 0 Å². The van der Waals surface area contributed by atoms with Gasteiger partial charge in [-0.05, 0) is 43.2 Å². The Bertz CT molecular complexity index is 370. The van der Waals surface area contributed by atoms with Gasteiger partial charge in [0.1, 0.15) is 6.10 Å². The molecule has 0 radical (unpaired) electrons. The third kappa shape index (κ3) is 3.10. The zero-order chi connectivity index (χ0) is 10.5. The number of benzene rings is 1. The second kappa shape index (κ2) is 4.99. The smallest absolute Gasteiger partial charge is 0.133 e. The van der Waals surface area contributed by atoms with Crippen LogP contribution in [0.15, 0.2) is 41.6 Å². The number of nitrogens with zero attached hydrogens (tertiary/aromatic N) is 1. The Morgan fingerprint density at radius 1 is 1.33 bits per heavy atom. The summed E-state index contributed by atoms with van der Waals surface area (Å²) in [4.78, 5) is 4.33. The topological polar surface area (TPSA) is 21.6 Å². The normalized spacial score (nSPS) is 20.5. The fourth-order valence-corrected chi connectivity index (χ4v) is 1.49. The minimum atomic E-state index is 0.102. The van der Waals surface area contributed by atoms with Crippen LogP contribution < -0.4 is 0 Å². The molecule has 0 saturated carbocycles. The Morgan fingerprint density at radius 2 is 2.13 bits per heavy atom. The van der Waals surface area contributed by atoms with E-state index in [-0.39, 0.29) is 6.10 Å². The quantitative estimate of drug-likeness (QED) is 0.698. The first-order valence-corrected chi connectivity index (χ1v) is 5.32. The second-order valence-corrected chi connectivity index (χ2v) is 3.81. The van der Waals surface area contributed by atoms with Gasteiger partial charge in [-0.1, -0.05) is 11.6 Å². The fraction of sp³-hybridized carbons (Fsp3) is 0.250. The van der Waals surface area contributed by atoms with Gasteiger partial charge < -0.3 is 4.74 Å². The summed E-state index contributed by atoms with van der Waals surface area (Å²) in [5.41, 5.74) is 0.901. The van der Waals surface area contributed by atoms with Gasteiger partial charge in [0.05, 0.1) is 11.9 Å². The fourth-order valence-electron chi connectivity index (χ4n) is 1.36. The van der Waals surface area contributed by atoms with Gasteiger partial charge in [0.15, 0.2) is 0 Å². The highest BCUT2D eigenvalue weighted by molar-refractivity contribution is 6.30. The van der Waals surface area contributed by atoms with Crippen LogP contribution in [0.4, 0.5) is 5.69 Å². The van der Waals surface area contributed by atoms with Crippen LogP contribution in [0.2, 0.25) is 5.02 Å². The molecule has 0 N–H and O–H groups in total. The first-order valence-electron chi connectivity index (χ1n) is 4.95. The van der Waals surface area contributed by atoms with Crippen molar-refractivity contribution in [3.63, 3.8) is 0 Å². The first kappa shape index (κ1) is 10.2. The lowest BCUT2D eigenvalue weighted by Crippen LogP contribution is -2.13. The molecular weight excluding hydrogens is 210 g/mol. The number of rotatable bonds is 2. The third-order valence-electron chi connectivity index (χ3n) is 2.18. The number of hydrogen-bond donors (Lipinski definition) is 0. The molecule has 1 heterocycles. The van der Waals surface area contributed by atoms with E-state index < -0.39 is 0 Å². The van der Waals surface area contributed by atoms with Crippen LogP contribution in [-0.2, 0) is 4.74 Å². The molecule has 78 valence electrons. The number of aliphatic imine (C=N–C) groups is 1. The Balaban J connectivity index is 1.98. The second-order valence-electron chi connectivity index (χ2n) is 3.38. The van der Waals surface area contributed by atoms with E-state index in [0.717, 1.165) is 23.6 Å². The van der Waals surface area contributed by atoms with Crippen LogP contribution >= 0.6 is 11.6 Å². The number of ether oxygens (including phenoxy) is 1. The maximum Gasteiger partial charge on any atom is 0.133 e. The van der Waals surface area contributed by atoms with Gasteiger partial charge in [0, 0.05) is 11.2 Å². The van der Waals surface area contributed by atoms with E-state index in [1.807, 2.05) is 36.6 Å². The molecule has 0 amide bonds. The summed E-state index contributed by atoms with van der Waals surface area (Å²) in [6, 6.07) is 7.43. The molecule has 0 saturated heterocycles. The summed E-state index contributed by atoms with van der Waals surface area (Å²) < 4.78 is 5.37. The molecule has 1 aromatic carbocycles. The first-order chi connectivity index (χ1) is 7.34. The molecule has 2 nitrogen and oxygen atoms in total. The van der Waals surface area contributed by atoms with Crippen molar-refractivity contribution in [2.75, 3.05) is 0 Å². The van der Waals surface area contributed by atoms with E-state index in [0.29, 0.717) is 0 Å². The van der Waals surface area contributed by atoms with Gasteiger partial charge in [-0.15, -0.1) is 0 Å². The summed E-state index contributed by atoms with van der Waals surface area (Å²) in [5, 5.41) is 0.728. The van der Waals surface area contributed by atoms with E-state index in [1.54, 1.807) is 6.26 Å². The van der Waals surface area contributed by atoms with Crippen LogP contribution in [0.25, 0.3) is 0 Å². The molecule has 1 aliphatic rings. The maximum atomic E-state index is 5.77. The van der Waals surface area contributed by atoms with E-state index in [1.165, 1.54) is 0 Å². The molecule has 3 heteroatoms. The molecule has 2 rings (SSSR count). The monoisotopic (exact) mass is 221 g/mol. The minimum absolute atomic E-state index is 0.102. The number of halogens is 1. The van der Waals surface area contributed by atoms with Crippen molar-refractivity contribution in [2.24, 2.45) is 4.99 Å². The standard InChI is InChI=1S/C12H12ClNO/c13-10-4-6-11(7-5-10)14-9-12-3-1-2-8-15-12/h2,4-9,12H,1,3H2. The van der Waals surface area contributed by atoms with Gasteiger partial charge in [-0.25, -0.2) is 0 Å². The lowest BCUT2D eigenvalue weighted by Gasteiger charge is -2.14. The van der Waals surface area contributed by atoms with E-state index in [2.05, 4.69) is 4.99 Å². The Kier molecular flexibility index (Phi) is 3.41. The minimum Gasteiger partial charge on any atom is -0.493 e. The van der Waals surface area contributed by atoms with Gasteiger partial charge in [0.25, 0.3) is 0 Å². The van der Waals surface area contributed by atoms with Crippen molar-refractivity contribution in [2.45, 2.75) is 18.9 Å². The van der Waals surface area contributed by atoms with Crippen molar-refractivity contribution in [3.8, 4) is 0 Å². The summed E-state index contributed by atoms with van der Waals surface area (Å²) in [6.07, 6.45) is 7.75. The zero-order valence-corrected chi connectivity index (χ0v) is 9.02. The average molecular weight is 222 g/mol. The van der Waals surface area contributed by atoms with Crippen molar-refractivity contribution >= 4 is 23.5 Å². The highest BCUT2D eigenvalue weighted by Crippen LogP contribution is 2.16. The number of allylic oxidation sites excluding steroid dienone is 1. The average Bonchev–Trinajstić information content (AvgIpc) is 2.30. The highest BCUT2D eigenvalue weighted by atomic mass is 35.5. The summed E-state index contributed by atoms with van der Waals surface area (Å²) >= 11 is 5.77. The molecule has 1 aliphatic heterocycles. The molecule has 0 fully saturated rings. The predicted octanol–water partition coefficient (Wildman–Crippen LogP) is 3.74. The molecule has 0 aromatic heterocycles. The van der Waals surface area contributed by atoms with Gasteiger partial charge in [-0.2, -0.15) is 0 Å². The molecule has 15 heavy (non-hydrogen) atoms. The number of hydrogen-bond acceptors (Lipinski definition) is 2. The summed E-state index contributed by atoms with van der Waals surface area (Å²) in [6.45, 7) is 0. The van der Waals surface area contributed by atoms with Crippen LogP contribution in [0.3, 0.4) is 0 Å². The molecule has 1 aromatic rings. The van der Waals surface area contributed by atoms with Gasteiger partial charge >= 0.3 is 0 Å². The van der Waals surface area contributed by atoms with Crippen molar-refractivity contribution < 1.29 is 4.74 Å². The molecule has 0 bridgehead atoms. The van der Waals surface area contributed by atoms with Crippen molar-refractivity contribution in [1.82, 2.24) is 0 Å². The van der Waals surface area contributed by atoms with E-state index in [9.17, 15) is 0 Å². The molecule has 1 atom stereocenters. The van der Waals surface area contributed by atoms with Crippen LogP contribution in [0.1, 0.15) is 12.8 Å². The van der Waals surface area contributed by atoms with Crippen molar-refractivity contribution in [3.05, 3.63) is 41.6 Å². The third-order valence-corrected chi connectivity index (χ3v) is 2.44. The van der Waals surface area contributed by atoms with Gasteiger partial charge in [-0.3, -0.25) is 4.99 Å². The molecule has 0 aliphatic carbocycles. The Morgan fingerprint density at radius 3 is 2.80 bits per heavy atom. The Labute approximate surface area is 94.2 Å².